The van der Waals surface area contributed by atoms with Crippen molar-refractivity contribution in [2.24, 2.45) is 5.73 Å². The van der Waals surface area contributed by atoms with Gasteiger partial charge in [0.1, 0.15) is 6.61 Å². The summed E-state index contributed by atoms with van der Waals surface area (Å²) in [6.07, 6.45) is 0.289. The van der Waals surface area contributed by atoms with E-state index >= 15 is 0 Å². The second-order valence-electron chi connectivity index (χ2n) is 4.34. The minimum absolute atomic E-state index is 0.218. The molecular formula is C16H17NO2. The SMILES string of the molecule is NCc1ccc(CC(=O)OCc2ccccc2)cc1. The van der Waals surface area contributed by atoms with Gasteiger partial charge in [-0.25, -0.2) is 0 Å². The molecule has 0 heterocycles. The lowest BCUT2D eigenvalue weighted by atomic mass is 10.1. The van der Waals surface area contributed by atoms with E-state index in [1.807, 2.05) is 54.6 Å². The summed E-state index contributed by atoms with van der Waals surface area (Å²) in [5.74, 6) is -0.218. The molecule has 0 bridgehead atoms. The van der Waals surface area contributed by atoms with Crippen LogP contribution in [0.5, 0.6) is 0 Å². The van der Waals surface area contributed by atoms with Crippen molar-refractivity contribution in [1.82, 2.24) is 0 Å². The summed E-state index contributed by atoms with van der Waals surface area (Å²) in [4.78, 5) is 11.7. The molecule has 3 heteroatoms. The van der Waals surface area contributed by atoms with Crippen LogP contribution in [0.25, 0.3) is 0 Å². The molecule has 0 aliphatic carbocycles. The van der Waals surface area contributed by atoms with Gasteiger partial charge in [-0.15, -0.1) is 0 Å². The second kappa shape index (κ2) is 6.71. The number of hydrogen-bond acceptors (Lipinski definition) is 3. The molecule has 0 radical (unpaired) electrons. The largest absolute Gasteiger partial charge is 0.461 e. The molecule has 0 unspecified atom stereocenters. The van der Waals surface area contributed by atoms with E-state index in [2.05, 4.69) is 0 Å². The van der Waals surface area contributed by atoms with Gasteiger partial charge in [0.05, 0.1) is 6.42 Å². The highest BCUT2D eigenvalue weighted by Crippen LogP contribution is 2.07. The number of hydrogen-bond donors (Lipinski definition) is 1. The molecule has 0 saturated heterocycles. The van der Waals surface area contributed by atoms with Crippen molar-refractivity contribution in [1.29, 1.82) is 0 Å². The summed E-state index contributed by atoms with van der Waals surface area (Å²) in [6, 6.07) is 17.3. The van der Waals surface area contributed by atoms with E-state index in [9.17, 15) is 4.79 Å². The van der Waals surface area contributed by atoms with Crippen LogP contribution in [-0.4, -0.2) is 5.97 Å². The van der Waals surface area contributed by atoms with E-state index in [1.54, 1.807) is 0 Å². The molecule has 98 valence electrons. The number of benzene rings is 2. The molecule has 0 aliphatic rings. The van der Waals surface area contributed by atoms with Gasteiger partial charge in [0.2, 0.25) is 0 Å². The molecule has 2 aromatic carbocycles. The van der Waals surface area contributed by atoms with Gasteiger partial charge >= 0.3 is 5.97 Å². The molecule has 0 saturated carbocycles. The molecule has 2 aromatic rings. The van der Waals surface area contributed by atoms with Crippen molar-refractivity contribution in [2.45, 2.75) is 19.6 Å². The minimum Gasteiger partial charge on any atom is -0.461 e. The quantitative estimate of drug-likeness (QED) is 0.835. The summed E-state index contributed by atoms with van der Waals surface area (Å²) in [6.45, 7) is 0.833. The molecule has 2 rings (SSSR count). The Kier molecular flexibility index (Phi) is 4.70. The summed E-state index contributed by atoms with van der Waals surface area (Å²) < 4.78 is 5.22. The van der Waals surface area contributed by atoms with Crippen LogP contribution in [0.3, 0.4) is 0 Å². The van der Waals surface area contributed by atoms with Gasteiger partial charge in [0.15, 0.2) is 0 Å². The van der Waals surface area contributed by atoms with Crippen LogP contribution < -0.4 is 5.73 Å². The smallest absolute Gasteiger partial charge is 0.310 e. The Balaban J connectivity index is 1.83. The number of nitrogens with two attached hydrogens (primary N) is 1. The Morgan fingerprint density at radius 1 is 0.895 bits per heavy atom. The van der Waals surface area contributed by atoms with Crippen LogP contribution in [0.4, 0.5) is 0 Å². The van der Waals surface area contributed by atoms with Crippen LogP contribution in [0.1, 0.15) is 16.7 Å². The van der Waals surface area contributed by atoms with Gasteiger partial charge in [-0.05, 0) is 16.7 Å². The van der Waals surface area contributed by atoms with Gasteiger partial charge in [0.25, 0.3) is 0 Å². The zero-order valence-corrected chi connectivity index (χ0v) is 10.7. The van der Waals surface area contributed by atoms with E-state index in [0.717, 1.165) is 16.7 Å². The number of esters is 1. The van der Waals surface area contributed by atoms with Gasteiger partial charge < -0.3 is 10.5 Å². The van der Waals surface area contributed by atoms with Gasteiger partial charge in [-0.1, -0.05) is 54.6 Å². The Hall–Kier alpha value is -2.13. The highest BCUT2D eigenvalue weighted by molar-refractivity contribution is 5.72. The van der Waals surface area contributed by atoms with E-state index in [1.165, 1.54) is 0 Å². The molecular weight excluding hydrogens is 238 g/mol. The summed E-state index contributed by atoms with van der Waals surface area (Å²) >= 11 is 0. The van der Waals surface area contributed by atoms with Crippen molar-refractivity contribution < 1.29 is 9.53 Å². The molecule has 0 aliphatic heterocycles. The first-order valence-electron chi connectivity index (χ1n) is 6.25. The molecule has 3 nitrogen and oxygen atoms in total. The minimum atomic E-state index is -0.218. The number of carbonyl (C=O) groups excluding carboxylic acids is 1. The standard InChI is InChI=1S/C16H17NO2/c17-11-14-8-6-13(7-9-14)10-16(18)19-12-15-4-2-1-3-5-15/h1-9H,10-12,17H2. The average molecular weight is 255 g/mol. The van der Waals surface area contributed by atoms with Crippen molar-refractivity contribution in [3.8, 4) is 0 Å². The van der Waals surface area contributed by atoms with E-state index < -0.39 is 0 Å². The van der Waals surface area contributed by atoms with Crippen molar-refractivity contribution >= 4 is 5.97 Å². The zero-order chi connectivity index (χ0) is 13.5. The molecule has 0 aromatic heterocycles. The number of rotatable bonds is 5. The van der Waals surface area contributed by atoms with Crippen LogP contribution in [0, 0.1) is 0 Å². The molecule has 2 N–H and O–H groups in total. The zero-order valence-electron chi connectivity index (χ0n) is 10.7. The van der Waals surface area contributed by atoms with Crippen molar-refractivity contribution in [3.05, 3.63) is 71.3 Å². The summed E-state index contributed by atoms with van der Waals surface area (Å²) in [7, 11) is 0. The van der Waals surface area contributed by atoms with Crippen molar-refractivity contribution in [3.63, 3.8) is 0 Å². The Morgan fingerprint density at radius 3 is 2.16 bits per heavy atom. The van der Waals surface area contributed by atoms with E-state index in [-0.39, 0.29) is 12.4 Å². The lowest BCUT2D eigenvalue weighted by Gasteiger charge is -2.05. The monoisotopic (exact) mass is 255 g/mol. The van der Waals surface area contributed by atoms with Gasteiger partial charge in [-0.2, -0.15) is 0 Å². The summed E-state index contributed by atoms with van der Waals surface area (Å²) in [5, 5.41) is 0. The Bertz CT molecular complexity index is 520. The third-order valence-corrected chi connectivity index (χ3v) is 2.85. The van der Waals surface area contributed by atoms with Crippen molar-refractivity contribution in [2.75, 3.05) is 0 Å². The first kappa shape index (κ1) is 13.3. The molecule has 0 amide bonds. The highest BCUT2D eigenvalue weighted by atomic mass is 16.5. The Labute approximate surface area is 113 Å². The second-order valence-corrected chi connectivity index (χ2v) is 4.34. The van der Waals surface area contributed by atoms with Gasteiger partial charge in [0, 0.05) is 6.54 Å². The number of ether oxygens (including phenoxy) is 1. The fourth-order valence-electron chi connectivity index (χ4n) is 1.75. The molecule has 0 atom stereocenters. The topological polar surface area (TPSA) is 52.3 Å². The predicted molar refractivity (Wildman–Crippen MR) is 74.3 cm³/mol. The normalized spacial score (nSPS) is 10.2. The summed E-state index contributed by atoms with van der Waals surface area (Å²) in [5.41, 5.74) is 8.51. The molecule has 0 spiro atoms. The first-order valence-corrected chi connectivity index (χ1v) is 6.25. The van der Waals surface area contributed by atoms with E-state index in [0.29, 0.717) is 13.2 Å². The predicted octanol–water partition coefficient (Wildman–Crippen LogP) is 2.43. The lowest BCUT2D eigenvalue weighted by molar-refractivity contribution is -0.144. The maximum Gasteiger partial charge on any atom is 0.310 e. The molecule has 0 fully saturated rings. The van der Waals surface area contributed by atoms with Crippen LogP contribution >= 0.6 is 0 Å². The lowest BCUT2D eigenvalue weighted by Crippen LogP contribution is -2.08. The third-order valence-electron chi connectivity index (χ3n) is 2.85. The van der Waals surface area contributed by atoms with Crippen LogP contribution in [0.15, 0.2) is 54.6 Å². The fraction of sp³-hybridized carbons (Fsp3) is 0.188. The van der Waals surface area contributed by atoms with E-state index in [4.69, 9.17) is 10.5 Å². The van der Waals surface area contributed by atoms with Crippen LogP contribution in [0.2, 0.25) is 0 Å². The molecule has 19 heavy (non-hydrogen) atoms. The first-order chi connectivity index (χ1) is 9.28. The Morgan fingerprint density at radius 2 is 1.53 bits per heavy atom. The van der Waals surface area contributed by atoms with Gasteiger partial charge in [-0.3, -0.25) is 4.79 Å². The maximum absolute atomic E-state index is 11.7. The highest BCUT2D eigenvalue weighted by Gasteiger charge is 2.05. The average Bonchev–Trinajstić information content (AvgIpc) is 2.47. The maximum atomic E-state index is 11.7. The number of carbonyl (C=O) groups is 1. The van der Waals surface area contributed by atoms with Crippen LogP contribution in [-0.2, 0) is 29.1 Å². The third kappa shape index (κ3) is 4.23. The fourth-order valence-corrected chi connectivity index (χ4v) is 1.75.